The molecule has 0 aromatic carbocycles. The van der Waals surface area contributed by atoms with Gasteiger partial charge in [-0.2, -0.15) is 0 Å². The predicted octanol–water partition coefficient (Wildman–Crippen LogP) is 1.56. The number of amides is 1. The fraction of sp³-hybridized carbons (Fsp3) is 0.923. The van der Waals surface area contributed by atoms with Crippen molar-refractivity contribution >= 4 is 5.91 Å². The van der Waals surface area contributed by atoms with Gasteiger partial charge in [-0.25, -0.2) is 0 Å². The maximum atomic E-state index is 11.7. The quantitative estimate of drug-likeness (QED) is 0.758. The molecule has 3 aliphatic carbocycles. The van der Waals surface area contributed by atoms with E-state index in [1.54, 1.807) is 0 Å². The molecular formula is C13H22N2O. The second-order valence-electron chi connectivity index (χ2n) is 6.25. The molecule has 0 heterocycles. The number of hydrogen-bond acceptors (Lipinski definition) is 2. The van der Waals surface area contributed by atoms with E-state index in [4.69, 9.17) is 5.73 Å². The molecule has 3 aliphatic rings. The second kappa shape index (κ2) is 3.73. The third kappa shape index (κ3) is 1.97. The zero-order valence-electron chi connectivity index (χ0n) is 9.87. The van der Waals surface area contributed by atoms with Gasteiger partial charge < -0.3 is 11.1 Å². The van der Waals surface area contributed by atoms with E-state index >= 15 is 0 Å². The molecule has 1 atom stereocenters. The summed E-state index contributed by atoms with van der Waals surface area (Å²) < 4.78 is 0. The van der Waals surface area contributed by atoms with Crippen LogP contribution in [0.15, 0.2) is 0 Å². The maximum absolute atomic E-state index is 11.7. The van der Waals surface area contributed by atoms with Crippen molar-refractivity contribution in [3.05, 3.63) is 0 Å². The Morgan fingerprint density at radius 1 is 1.38 bits per heavy atom. The molecule has 1 amide bonds. The van der Waals surface area contributed by atoms with Crippen molar-refractivity contribution in [1.82, 2.24) is 5.32 Å². The minimum absolute atomic E-state index is 0.0806. The van der Waals surface area contributed by atoms with Gasteiger partial charge in [0, 0.05) is 6.04 Å². The van der Waals surface area contributed by atoms with Crippen molar-refractivity contribution in [3.8, 4) is 0 Å². The monoisotopic (exact) mass is 222 g/mol. The molecule has 3 fully saturated rings. The summed E-state index contributed by atoms with van der Waals surface area (Å²) in [5.74, 6) is 0.803. The SMILES string of the molecule is N[C@@H](CC1CC2(CCC2)C1)C(=O)NC1CC1. The zero-order chi connectivity index (χ0) is 11.2. The Morgan fingerprint density at radius 2 is 2.06 bits per heavy atom. The van der Waals surface area contributed by atoms with Crippen LogP contribution in [-0.4, -0.2) is 18.0 Å². The van der Waals surface area contributed by atoms with Crippen LogP contribution in [0.1, 0.15) is 51.4 Å². The summed E-state index contributed by atoms with van der Waals surface area (Å²) in [6.07, 6.45) is 10.1. The van der Waals surface area contributed by atoms with E-state index in [2.05, 4.69) is 5.32 Å². The second-order valence-corrected chi connectivity index (χ2v) is 6.25. The van der Waals surface area contributed by atoms with Crippen LogP contribution in [0.5, 0.6) is 0 Å². The van der Waals surface area contributed by atoms with Gasteiger partial charge in [0.25, 0.3) is 0 Å². The Labute approximate surface area is 97.2 Å². The Morgan fingerprint density at radius 3 is 2.56 bits per heavy atom. The zero-order valence-corrected chi connectivity index (χ0v) is 9.87. The first kappa shape index (κ1) is 10.6. The van der Waals surface area contributed by atoms with Crippen LogP contribution in [0.3, 0.4) is 0 Å². The maximum Gasteiger partial charge on any atom is 0.237 e. The van der Waals surface area contributed by atoms with Crippen LogP contribution in [0, 0.1) is 11.3 Å². The van der Waals surface area contributed by atoms with Gasteiger partial charge in [0.1, 0.15) is 0 Å². The Kier molecular flexibility index (Phi) is 2.46. The van der Waals surface area contributed by atoms with E-state index in [-0.39, 0.29) is 11.9 Å². The topological polar surface area (TPSA) is 55.1 Å². The van der Waals surface area contributed by atoms with Gasteiger partial charge in [0.15, 0.2) is 0 Å². The molecule has 3 N–H and O–H groups in total. The molecule has 90 valence electrons. The van der Waals surface area contributed by atoms with Gasteiger partial charge in [-0.05, 0) is 56.3 Å². The molecule has 3 rings (SSSR count). The number of carbonyl (C=O) groups excluding carboxylic acids is 1. The highest BCUT2D eigenvalue weighted by molar-refractivity contribution is 5.82. The summed E-state index contributed by atoms with van der Waals surface area (Å²) in [6, 6.07) is 0.181. The normalized spacial score (nSPS) is 29.3. The molecule has 0 bridgehead atoms. The van der Waals surface area contributed by atoms with Crippen molar-refractivity contribution in [1.29, 1.82) is 0 Å². The number of rotatable bonds is 4. The van der Waals surface area contributed by atoms with E-state index in [9.17, 15) is 4.79 Å². The van der Waals surface area contributed by atoms with E-state index in [0.29, 0.717) is 11.5 Å². The Bertz CT molecular complexity index is 286. The molecule has 0 unspecified atom stereocenters. The van der Waals surface area contributed by atoms with Crippen molar-refractivity contribution in [2.45, 2.75) is 63.5 Å². The molecule has 3 nitrogen and oxygen atoms in total. The highest BCUT2D eigenvalue weighted by Gasteiger charge is 2.48. The smallest absolute Gasteiger partial charge is 0.237 e. The number of nitrogens with two attached hydrogens (primary N) is 1. The van der Waals surface area contributed by atoms with E-state index < -0.39 is 0 Å². The lowest BCUT2D eigenvalue weighted by Crippen LogP contribution is -2.48. The summed E-state index contributed by atoms with van der Waals surface area (Å²) in [6.45, 7) is 0. The molecule has 0 aromatic heterocycles. The highest BCUT2D eigenvalue weighted by atomic mass is 16.2. The van der Waals surface area contributed by atoms with Gasteiger partial charge in [-0.3, -0.25) is 4.79 Å². The minimum Gasteiger partial charge on any atom is -0.352 e. The molecule has 16 heavy (non-hydrogen) atoms. The van der Waals surface area contributed by atoms with Crippen LogP contribution in [0.25, 0.3) is 0 Å². The van der Waals surface area contributed by atoms with Crippen LogP contribution in [0.2, 0.25) is 0 Å². The molecule has 0 aliphatic heterocycles. The first-order valence-corrected chi connectivity index (χ1v) is 6.73. The number of carbonyl (C=O) groups is 1. The summed E-state index contributed by atoms with van der Waals surface area (Å²) in [7, 11) is 0. The van der Waals surface area contributed by atoms with Gasteiger partial charge in [0.05, 0.1) is 6.04 Å². The molecule has 0 aromatic rings. The molecular weight excluding hydrogens is 200 g/mol. The molecule has 0 saturated heterocycles. The summed E-state index contributed by atoms with van der Waals surface area (Å²) in [5.41, 5.74) is 6.65. The average molecular weight is 222 g/mol. The van der Waals surface area contributed by atoms with E-state index in [1.807, 2.05) is 0 Å². The van der Waals surface area contributed by atoms with Crippen molar-refractivity contribution in [2.24, 2.45) is 17.1 Å². The number of nitrogens with one attached hydrogen (secondary N) is 1. The molecule has 0 radical (unpaired) electrons. The number of hydrogen-bond donors (Lipinski definition) is 2. The summed E-state index contributed by atoms with van der Waals surface area (Å²) in [5, 5.41) is 2.99. The third-order valence-electron chi connectivity index (χ3n) is 4.71. The van der Waals surface area contributed by atoms with E-state index in [1.165, 1.54) is 32.1 Å². The fourth-order valence-corrected chi connectivity index (χ4v) is 3.42. The van der Waals surface area contributed by atoms with Crippen molar-refractivity contribution < 1.29 is 4.79 Å². The van der Waals surface area contributed by atoms with Crippen LogP contribution in [0.4, 0.5) is 0 Å². The molecule has 3 heteroatoms. The first-order chi connectivity index (χ1) is 7.67. The van der Waals surface area contributed by atoms with Crippen molar-refractivity contribution in [2.75, 3.05) is 0 Å². The molecule has 1 spiro atoms. The lowest BCUT2D eigenvalue weighted by Gasteiger charge is -2.54. The lowest BCUT2D eigenvalue weighted by molar-refractivity contribution is -0.123. The Hall–Kier alpha value is -0.570. The predicted molar refractivity (Wildman–Crippen MR) is 62.8 cm³/mol. The fourth-order valence-electron chi connectivity index (χ4n) is 3.42. The minimum atomic E-state index is -0.261. The third-order valence-corrected chi connectivity index (χ3v) is 4.71. The first-order valence-electron chi connectivity index (χ1n) is 6.73. The van der Waals surface area contributed by atoms with Crippen molar-refractivity contribution in [3.63, 3.8) is 0 Å². The summed E-state index contributed by atoms with van der Waals surface area (Å²) >= 11 is 0. The van der Waals surface area contributed by atoms with Crippen LogP contribution < -0.4 is 11.1 Å². The van der Waals surface area contributed by atoms with Gasteiger partial charge in [-0.1, -0.05) is 6.42 Å². The highest BCUT2D eigenvalue weighted by Crippen LogP contribution is 2.59. The molecule has 3 saturated carbocycles. The van der Waals surface area contributed by atoms with Gasteiger partial charge >= 0.3 is 0 Å². The van der Waals surface area contributed by atoms with Gasteiger partial charge in [0.2, 0.25) is 5.91 Å². The van der Waals surface area contributed by atoms with Crippen LogP contribution >= 0.6 is 0 Å². The largest absolute Gasteiger partial charge is 0.352 e. The van der Waals surface area contributed by atoms with Crippen LogP contribution in [-0.2, 0) is 4.79 Å². The Balaban J connectivity index is 1.39. The lowest BCUT2D eigenvalue weighted by atomic mass is 9.51. The van der Waals surface area contributed by atoms with E-state index in [0.717, 1.165) is 25.2 Å². The summed E-state index contributed by atoms with van der Waals surface area (Å²) in [4.78, 5) is 11.7. The average Bonchev–Trinajstić information content (AvgIpc) is 2.90. The standard InChI is InChI=1S/C13H22N2O/c14-11(12(16)15-10-2-3-10)6-9-7-13(8-9)4-1-5-13/h9-11H,1-8,14H2,(H,15,16)/t11-/m0/s1. The van der Waals surface area contributed by atoms with Gasteiger partial charge in [-0.15, -0.1) is 0 Å².